The molecule has 1 N–H and O–H groups in total. The molecule has 0 unspecified atom stereocenters. The van der Waals surface area contributed by atoms with Crippen molar-refractivity contribution in [2.75, 3.05) is 13.7 Å². The van der Waals surface area contributed by atoms with Gasteiger partial charge in [0.1, 0.15) is 17.3 Å². The molecule has 33 heavy (non-hydrogen) atoms. The van der Waals surface area contributed by atoms with Crippen LogP contribution in [0.15, 0.2) is 66.7 Å². The molecular formula is C27H29N3O3. The second-order valence-corrected chi connectivity index (χ2v) is 8.03. The van der Waals surface area contributed by atoms with Gasteiger partial charge in [-0.05, 0) is 73.9 Å². The summed E-state index contributed by atoms with van der Waals surface area (Å²) in [6, 6.07) is 21.3. The Hall–Kier alpha value is -3.80. The molecule has 1 amide bonds. The number of amides is 1. The number of methoxy groups -OCH3 is 1. The monoisotopic (exact) mass is 443 g/mol. The number of nitrogens with zero attached hydrogens (tertiary/aromatic N) is 2. The zero-order valence-corrected chi connectivity index (χ0v) is 19.3. The van der Waals surface area contributed by atoms with E-state index >= 15 is 0 Å². The van der Waals surface area contributed by atoms with E-state index < -0.39 is 0 Å². The van der Waals surface area contributed by atoms with E-state index in [9.17, 15) is 4.79 Å². The minimum Gasteiger partial charge on any atom is -0.497 e. The van der Waals surface area contributed by atoms with Crippen LogP contribution in [0.5, 0.6) is 11.5 Å². The number of carbonyl (C=O) groups is 1. The summed E-state index contributed by atoms with van der Waals surface area (Å²) in [5, 5.41) is 2.99. The van der Waals surface area contributed by atoms with Crippen LogP contribution in [-0.2, 0) is 13.1 Å². The lowest BCUT2D eigenvalue weighted by Gasteiger charge is -2.12. The largest absolute Gasteiger partial charge is 0.497 e. The first kappa shape index (κ1) is 22.4. The first-order valence-corrected chi connectivity index (χ1v) is 11.1. The van der Waals surface area contributed by atoms with Gasteiger partial charge in [-0.15, -0.1) is 0 Å². The van der Waals surface area contributed by atoms with Crippen molar-refractivity contribution in [1.29, 1.82) is 0 Å². The van der Waals surface area contributed by atoms with Gasteiger partial charge >= 0.3 is 0 Å². The number of nitrogens with one attached hydrogen (secondary N) is 1. The van der Waals surface area contributed by atoms with Gasteiger partial charge in [0.05, 0.1) is 31.3 Å². The SMILES string of the molecule is COc1cccc(C(=O)NCc2nc3ccccc3n2CCCOc2ccc(C)c(C)c2)c1. The third-order valence-electron chi connectivity index (χ3n) is 5.75. The molecule has 170 valence electrons. The van der Waals surface area contributed by atoms with E-state index in [1.54, 1.807) is 25.3 Å². The van der Waals surface area contributed by atoms with E-state index in [1.165, 1.54) is 11.1 Å². The normalized spacial score (nSPS) is 10.9. The Bertz CT molecular complexity index is 1260. The molecule has 0 saturated heterocycles. The third kappa shape index (κ3) is 5.34. The quantitative estimate of drug-likeness (QED) is 0.367. The van der Waals surface area contributed by atoms with Crippen molar-refractivity contribution in [2.24, 2.45) is 0 Å². The topological polar surface area (TPSA) is 65.4 Å². The van der Waals surface area contributed by atoms with E-state index in [0.29, 0.717) is 24.5 Å². The van der Waals surface area contributed by atoms with Crippen molar-refractivity contribution in [3.05, 3.63) is 89.2 Å². The van der Waals surface area contributed by atoms with Gasteiger partial charge in [-0.2, -0.15) is 0 Å². The molecule has 1 heterocycles. The van der Waals surface area contributed by atoms with Crippen LogP contribution in [0.2, 0.25) is 0 Å². The minimum atomic E-state index is -0.161. The fourth-order valence-corrected chi connectivity index (χ4v) is 3.75. The molecular weight excluding hydrogens is 414 g/mol. The fourth-order valence-electron chi connectivity index (χ4n) is 3.75. The summed E-state index contributed by atoms with van der Waals surface area (Å²) in [4.78, 5) is 17.4. The Kier molecular flexibility index (Phi) is 6.93. The second kappa shape index (κ2) is 10.2. The lowest BCUT2D eigenvalue weighted by atomic mass is 10.1. The van der Waals surface area contributed by atoms with Crippen molar-refractivity contribution in [2.45, 2.75) is 33.4 Å². The van der Waals surface area contributed by atoms with Gasteiger partial charge < -0.3 is 19.4 Å². The number of hydrogen-bond acceptors (Lipinski definition) is 4. The molecule has 0 atom stereocenters. The molecule has 0 spiro atoms. The maximum Gasteiger partial charge on any atom is 0.251 e. The molecule has 0 aliphatic heterocycles. The Morgan fingerprint density at radius 2 is 1.82 bits per heavy atom. The molecule has 0 fully saturated rings. The highest BCUT2D eigenvalue weighted by Gasteiger charge is 2.13. The Morgan fingerprint density at radius 1 is 0.970 bits per heavy atom. The Labute approximate surface area is 194 Å². The molecule has 3 aromatic carbocycles. The van der Waals surface area contributed by atoms with Crippen molar-refractivity contribution >= 4 is 16.9 Å². The highest BCUT2D eigenvalue weighted by Crippen LogP contribution is 2.19. The van der Waals surface area contributed by atoms with Gasteiger partial charge in [-0.1, -0.05) is 24.3 Å². The molecule has 4 aromatic rings. The Balaban J connectivity index is 1.42. The minimum absolute atomic E-state index is 0.161. The van der Waals surface area contributed by atoms with Crippen molar-refractivity contribution in [3.8, 4) is 11.5 Å². The zero-order chi connectivity index (χ0) is 23.2. The van der Waals surface area contributed by atoms with Crippen LogP contribution in [0, 0.1) is 13.8 Å². The summed E-state index contributed by atoms with van der Waals surface area (Å²) in [6.07, 6.45) is 0.824. The predicted octanol–water partition coefficient (Wildman–Crippen LogP) is 5.06. The highest BCUT2D eigenvalue weighted by molar-refractivity contribution is 5.94. The molecule has 1 aromatic heterocycles. The number of imidazole rings is 1. The van der Waals surface area contributed by atoms with Gasteiger partial charge in [0, 0.05) is 12.1 Å². The fraction of sp³-hybridized carbons (Fsp3) is 0.259. The van der Waals surface area contributed by atoms with Crippen LogP contribution in [0.1, 0.15) is 33.7 Å². The molecule has 4 rings (SSSR count). The number of aryl methyl sites for hydroxylation is 3. The van der Waals surface area contributed by atoms with Crippen LogP contribution >= 0.6 is 0 Å². The van der Waals surface area contributed by atoms with E-state index in [4.69, 9.17) is 14.5 Å². The Morgan fingerprint density at radius 3 is 2.64 bits per heavy atom. The number of fused-ring (bicyclic) bond motifs is 1. The molecule has 0 aliphatic rings. The van der Waals surface area contributed by atoms with E-state index in [0.717, 1.165) is 35.6 Å². The molecule has 0 saturated carbocycles. The summed E-state index contributed by atoms with van der Waals surface area (Å²) in [6.45, 7) is 5.87. The summed E-state index contributed by atoms with van der Waals surface area (Å²) in [7, 11) is 1.59. The number of rotatable bonds is 9. The second-order valence-electron chi connectivity index (χ2n) is 8.03. The third-order valence-corrected chi connectivity index (χ3v) is 5.75. The van der Waals surface area contributed by atoms with E-state index in [2.05, 4.69) is 41.9 Å². The maximum atomic E-state index is 12.7. The maximum absolute atomic E-state index is 12.7. The molecule has 0 aliphatic carbocycles. The van der Waals surface area contributed by atoms with Crippen LogP contribution in [-0.4, -0.2) is 29.2 Å². The number of hydrogen-bond donors (Lipinski definition) is 1. The average Bonchev–Trinajstić information content (AvgIpc) is 3.20. The van der Waals surface area contributed by atoms with E-state index in [1.807, 2.05) is 30.3 Å². The number of ether oxygens (including phenoxy) is 2. The van der Waals surface area contributed by atoms with Crippen LogP contribution in [0.4, 0.5) is 0 Å². The smallest absolute Gasteiger partial charge is 0.251 e. The summed E-state index contributed by atoms with van der Waals surface area (Å²) < 4.78 is 13.3. The van der Waals surface area contributed by atoms with Gasteiger partial charge in [0.15, 0.2) is 0 Å². The van der Waals surface area contributed by atoms with Gasteiger partial charge in [0.2, 0.25) is 0 Å². The van der Waals surface area contributed by atoms with Crippen molar-refractivity contribution in [1.82, 2.24) is 14.9 Å². The van der Waals surface area contributed by atoms with Gasteiger partial charge in [0.25, 0.3) is 5.91 Å². The van der Waals surface area contributed by atoms with E-state index in [-0.39, 0.29) is 5.91 Å². The van der Waals surface area contributed by atoms with Gasteiger partial charge in [-0.3, -0.25) is 4.79 Å². The number of carbonyl (C=O) groups excluding carboxylic acids is 1. The van der Waals surface area contributed by atoms with Crippen LogP contribution in [0.3, 0.4) is 0 Å². The van der Waals surface area contributed by atoms with Crippen LogP contribution < -0.4 is 14.8 Å². The first-order valence-electron chi connectivity index (χ1n) is 11.1. The van der Waals surface area contributed by atoms with Crippen molar-refractivity contribution < 1.29 is 14.3 Å². The molecule has 6 nitrogen and oxygen atoms in total. The zero-order valence-electron chi connectivity index (χ0n) is 19.3. The standard InChI is InChI=1S/C27H29N3O3/c1-19-12-13-23(16-20(19)2)33-15-7-14-30-25-11-5-4-10-24(25)29-26(30)18-28-27(31)21-8-6-9-22(17-21)32-3/h4-6,8-13,16-17H,7,14-15,18H2,1-3H3,(H,28,31). The van der Waals surface area contributed by atoms with Gasteiger partial charge in [-0.25, -0.2) is 4.98 Å². The first-order chi connectivity index (χ1) is 16.0. The molecule has 0 radical (unpaired) electrons. The molecule has 0 bridgehead atoms. The summed E-state index contributed by atoms with van der Waals surface area (Å²) in [5.74, 6) is 2.20. The van der Waals surface area contributed by atoms with Crippen LogP contribution in [0.25, 0.3) is 11.0 Å². The lowest BCUT2D eigenvalue weighted by molar-refractivity contribution is 0.0949. The summed E-state index contributed by atoms with van der Waals surface area (Å²) >= 11 is 0. The summed E-state index contributed by atoms with van der Waals surface area (Å²) in [5.41, 5.74) is 5.00. The lowest BCUT2D eigenvalue weighted by Crippen LogP contribution is -2.25. The average molecular weight is 444 g/mol. The number of para-hydroxylation sites is 2. The predicted molar refractivity (Wildman–Crippen MR) is 130 cm³/mol. The highest BCUT2D eigenvalue weighted by atomic mass is 16.5. The molecule has 6 heteroatoms. The number of benzene rings is 3. The van der Waals surface area contributed by atoms with Crippen molar-refractivity contribution in [3.63, 3.8) is 0 Å². The number of aromatic nitrogens is 2.